The van der Waals surface area contributed by atoms with Crippen molar-refractivity contribution in [3.63, 3.8) is 0 Å². The van der Waals surface area contributed by atoms with E-state index in [1.54, 1.807) is 7.11 Å². The van der Waals surface area contributed by atoms with Crippen LogP contribution in [0.25, 0.3) is 0 Å². The third kappa shape index (κ3) is 7.97. The first-order valence-electron chi connectivity index (χ1n) is 15.8. The van der Waals surface area contributed by atoms with Gasteiger partial charge >= 0.3 is 35.0 Å². The van der Waals surface area contributed by atoms with Crippen LogP contribution >= 0.6 is 0 Å². The summed E-state index contributed by atoms with van der Waals surface area (Å²) in [7, 11) is -9.56. The van der Waals surface area contributed by atoms with Gasteiger partial charge in [-0.1, -0.05) is 19.1 Å². The molecular weight excluding hydrogens is 589 g/mol. The van der Waals surface area contributed by atoms with Gasteiger partial charge in [0.25, 0.3) is 0 Å². The Balaban J connectivity index is 1.51. The molecule has 3 fully saturated rings. The third-order valence-corrected chi connectivity index (χ3v) is 28.3. The molecule has 0 radical (unpaired) electrons. The maximum Gasteiger partial charge on any atom is 0.320 e. The Hall–Kier alpha value is 0.544. The zero-order chi connectivity index (χ0) is 29.4. The van der Waals surface area contributed by atoms with E-state index in [0.29, 0.717) is 17.4 Å². The van der Waals surface area contributed by atoms with Crippen LogP contribution in [0.3, 0.4) is 0 Å². The first-order valence-corrected chi connectivity index (χ1v) is 29.0. The van der Waals surface area contributed by atoms with Crippen LogP contribution in [0.5, 0.6) is 0 Å². The molecule has 8 unspecified atom stereocenters. The summed E-state index contributed by atoms with van der Waals surface area (Å²) in [5.41, 5.74) is 0.701. The lowest BCUT2D eigenvalue weighted by molar-refractivity contribution is -0.150. The molecule has 1 aliphatic heterocycles. The molecule has 12 heteroatoms. The van der Waals surface area contributed by atoms with Crippen molar-refractivity contribution in [2.75, 3.05) is 33.5 Å². The smallest absolute Gasteiger partial charge is 0.320 e. The van der Waals surface area contributed by atoms with Crippen LogP contribution in [-0.2, 0) is 30.4 Å². The van der Waals surface area contributed by atoms with Gasteiger partial charge in [-0.25, -0.2) is 0 Å². The van der Waals surface area contributed by atoms with E-state index in [4.69, 9.17) is 30.4 Å². The molecule has 2 saturated carbocycles. The lowest BCUT2D eigenvalue weighted by atomic mass is 9.81. The Kier molecular flexibility index (Phi) is 10.8. The lowest BCUT2D eigenvalue weighted by Crippen LogP contribution is -2.61. The van der Waals surface area contributed by atoms with Crippen molar-refractivity contribution in [3.8, 4) is 0 Å². The molecule has 4 rings (SSSR count). The molecule has 8 atom stereocenters. The summed E-state index contributed by atoms with van der Waals surface area (Å²) in [6.07, 6.45) is 10.8. The second-order valence-corrected chi connectivity index (χ2v) is 32.4. The molecule has 3 aliphatic carbocycles. The number of hydrogen-bond acceptors (Lipinski definition) is 7. The summed E-state index contributed by atoms with van der Waals surface area (Å²) in [6, 6.07) is 0.885. The van der Waals surface area contributed by atoms with Crippen LogP contribution in [0.4, 0.5) is 0 Å². The minimum Gasteiger partial charge on any atom is -0.437 e. The fourth-order valence-electron chi connectivity index (χ4n) is 8.11. The number of allylic oxidation sites excluding steroid dienone is 2. The quantitative estimate of drug-likeness (QED) is 0.0994. The maximum atomic E-state index is 7.49. The largest absolute Gasteiger partial charge is 0.437 e. The van der Waals surface area contributed by atoms with E-state index in [0.717, 1.165) is 57.1 Å². The molecule has 0 aromatic carbocycles. The Bertz CT molecular complexity index is 876. The molecule has 1 saturated heterocycles. The zero-order valence-corrected chi connectivity index (χ0v) is 32.2. The number of hydrogen-bond donors (Lipinski definition) is 0. The average molecular weight is 647 g/mol. The molecule has 0 spiro atoms. The average Bonchev–Trinajstić information content (AvgIpc) is 3.52. The van der Waals surface area contributed by atoms with Gasteiger partial charge in [0, 0.05) is 24.7 Å². The van der Waals surface area contributed by atoms with Crippen molar-refractivity contribution in [1.29, 1.82) is 0 Å². The number of rotatable bonds is 17. The molecule has 2 bridgehead atoms. The highest BCUT2D eigenvalue weighted by Gasteiger charge is 2.62. The van der Waals surface area contributed by atoms with Crippen LogP contribution in [-0.4, -0.2) is 76.8 Å². The molecule has 0 amide bonds. The maximum absolute atomic E-state index is 7.49. The Morgan fingerprint density at radius 3 is 2.30 bits per heavy atom. The summed E-state index contributed by atoms with van der Waals surface area (Å²) in [6.45, 7) is 23.3. The van der Waals surface area contributed by atoms with Crippen molar-refractivity contribution in [1.82, 2.24) is 0 Å². The molecule has 232 valence electrons. The minimum atomic E-state index is -2.69. The van der Waals surface area contributed by atoms with Gasteiger partial charge in [0.2, 0.25) is 0 Å². The highest BCUT2D eigenvalue weighted by Crippen LogP contribution is 2.64. The van der Waals surface area contributed by atoms with E-state index in [1.807, 2.05) is 0 Å². The minimum absolute atomic E-state index is 0.211. The zero-order valence-electron chi connectivity index (χ0n) is 27.0. The van der Waals surface area contributed by atoms with Gasteiger partial charge in [-0.3, -0.25) is 0 Å². The van der Waals surface area contributed by atoms with E-state index < -0.39 is 43.3 Å². The van der Waals surface area contributed by atoms with Crippen molar-refractivity contribution >= 4 is 43.3 Å². The van der Waals surface area contributed by atoms with E-state index in [-0.39, 0.29) is 5.41 Å². The second-order valence-electron chi connectivity index (χ2n) is 14.8. The van der Waals surface area contributed by atoms with E-state index in [1.165, 1.54) is 19.3 Å². The van der Waals surface area contributed by atoms with Gasteiger partial charge in [-0.15, -0.1) is 0 Å². The second kappa shape index (κ2) is 12.9. The highest BCUT2D eigenvalue weighted by atomic mass is 28.5. The summed E-state index contributed by atoms with van der Waals surface area (Å²) in [5, 5.41) is 0. The normalized spacial score (nSPS) is 32.9. The highest BCUT2D eigenvalue weighted by molar-refractivity contribution is 6.89. The molecule has 4 aliphatic rings. The van der Waals surface area contributed by atoms with Crippen molar-refractivity contribution < 1.29 is 30.4 Å². The Morgan fingerprint density at radius 2 is 1.70 bits per heavy atom. The molecular formula is C28H58O7Si5. The monoisotopic (exact) mass is 646 g/mol. The Morgan fingerprint density at radius 1 is 0.975 bits per heavy atom. The third-order valence-electron chi connectivity index (χ3n) is 9.74. The SMILES string of the molecule is CCC1(COCCC[Si](C)(O[Si](C)(C)O[Si](C)(C)C)O[Si](C)(O[SiH](C)OC)C2CC3CC2C2C=CCC32)COC1. The van der Waals surface area contributed by atoms with Gasteiger partial charge < -0.3 is 30.4 Å². The molecule has 1 heterocycles. The summed E-state index contributed by atoms with van der Waals surface area (Å²) < 4.78 is 45.8. The van der Waals surface area contributed by atoms with Gasteiger partial charge in [-0.05, 0) is 114 Å². The van der Waals surface area contributed by atoms with Crippen LogP contribution in [0.15, 0.2) is 12.2 Å². The summed E-state index contributed by atoms with van der Waals surface area (Å²) in [5.74, 6) is 3.02. The van der Waals surface area contributed by atoms with Gasteiger partial charge in [0.15, 0.2) is 8.32 Å². The predicted molar refractivity (Wildman–Crippen MR) is 173 cm³/mol. The first-order chi connectivity index (χ1) is 18.6. The number of fused-ring (bicyclic) bond motifs is 5. The molecule has 40 heavy (non-hydrogen) atoms. The first kappa shape index (κ1) is 33.4. The van der Waals surface area contributed by atoms with E-state index in [9.17, 15) is 0 Å². The lowest BCUT2D eigenvalue weighted by Gasteiger charge is -2.47. The van der Waals surface area contributed by atoms with Crippen LogP contribution in [0, 0.1) is 29.1 Å². The van der Waals surface area contributed by atoms with Crippen LogP contribution in [0.1, 0.15) is 39.0 Å². The molecule has 7 nitrogen and oxygen atoms in total. The standard InChI is InChI=1S/C28H58O7Si5/c1-11-28(21-31-22-28)20-30-16-13-17-39(9,34-38(7,8)33-37(4,5)6)35-40(10,32-36(3)29-2)27-19-23-18-26(27)25-15-12-14-24(23)25/h12,15,23-27,36H,11,13-14,16-22H2,1-10H3. The molecule has 0 aromatic rings. The predicted octanol–water partition coefficient (Wildman–Crippen LogP) is 6.67. The van der Waals surface area contributed by atoms with Crippen LogP contribution in [0.2, 0.25) is 64.0 Å². The summed E-state index contributed by atoms with van der Waals surface area (Å²) in [4.78, 5) is 0. The van der Waals surface area contributed by atoms with Crippen molar-refractivity contribution in [2.24, 2.45) is 29.1 Å². The molecule has 0 aromatic heterocycles. The summed E-state index contributed by atoms with van der Waals surface area (Å²) >= 11 is 0. The van der Waals surface area contributed by atoms with Gasteiger partial charge in [0.05, 0.1) is 19.8 Å². The van der Waals surface area contributed by atoms with Gasteiger partial charge in [-0.2, -0.15) is 0 Å². The van der Waals surface area contributed by atoms with Crippen molar-refractivity contribution in [3.05, 3.63) is 12.2 Å². The van der Waals surface area contributed by atoms with Crippen LogP contribution < -0.4 is 0 Å². The Labute approximate surface area is 250 Å². The molecule has 0 N–H and O–H groups in total. The fraction of sp³-hybridized carbons (Fsp3) is 0.929. The van der Waals surface area contributed by atoms with Crippen molar-refractivity contribution in [2.45, 2.75) is 103 Å². The number of ether oxygens (including phenoxy) is 2. The van der Waals surface area contributed by atoms with E-state index in [2.05, 4.69) is 71.5 Å². The topological polar surface area (TPSA) is 64.6 Å². The van der Waals surface area contributed by atoms with Gasteiger partial charge in [0.1, 0.15) is 0 Å². The van der Waals surface area contributed by atoms with E-state index >= 15 is 0 Å². The fourth-order valence-corrected chi connectivity index (χ4v) is 31.1.